The van der Waals surface area contributed by atoms with E-state index in [1.807, 2.05) is 0 Å². The second-order valence-electron chi connectivity index (χ2n) is 3.91. The second-order valence-corrected chi connectivity index (χ2v) is 3.91. The number of carboxylic acids is 1. The summed E-state index contributed by atoms with van der Waals surface area (Å²) < 4.78 is 4.86. The molecule has 0 aliphatic rings. The van der Waals surface area contributed by atoms with Crippen molar-refractivity contribution in [1.82, 2.24) is 5.32 Å². The molecule has 0 aromatic heterocycles. The summed E-state index contributed by atoms with van der Waals surface area (Å²) in [5, 5.41) is 29.8. The van der Waals surface area contributed by atoms with Crippen molar-refractivity contribution in [1.29, 1.82) is 0 Å². The number of methoxy groups -OCH3 is 1. The molecule has 0 saturated carbocycles. The van der Waals surface area contributed by atoms with E-state index in [1.165, 1.54) is 32.2 Å². The molecule has 4 N–H and O–H groups in total. The number of carboxylic acid groups (broad SMARTS) is 1. The highest BCUT2D eigenvalue weighted by molar-refractivity contribution is 5.99. The Morgan fingerprint density at radius 2 is 2.00 bits per heavy atom. The molecular weight excluding hydrogens is 254 g/mol. The summed E-state index contributed by atoms with van der Waals surface area (Å²) in [5.41, 5.74) is -0.104. The molecule has 0 bridgehead atoms. The highest BCUT2D eigenvalue weighted by Crippen LogP contribution is 2.23. The van der Waals surface area contributed by atoms with Crippen LogP contribution in [0.1, 0.15) is 17.3 Å². The van der Waals surface area contributed by atoms with Crippen LogP contribution in [-0.4, -0.2) is 46.5 Å². The van der Waals surface area contributed by atoms with Crippen molar-refractivity contribution in [3.05, 3.63) is 23.8 Å². The predicted octanol–water partition coefficient (Wildman–Crippen LogP) is -0.0354. The van der Waals surface area contributed by atoms with Gasteiger partial charge in [-0.05, 0) is 19.1 Å². The van der Waals surface area contributed by atoms with Crippen LogP contribution in [0.25, 0.3) is 0 Å². The van der Waals surface area contributed by atoms with Crippen molar-refractivity contribution in [3.63, 3.8) is 0 Å². The van der Waals surface area contributed by atoms with Crippen LogP contribution < -0.4 is 10.1 Å². The van der Waals surface area contributed by atoms with Crippen LogP contribution in [-0.2, 0) is 4.79 Å². The fourth-order valence-electron chi connectivity index (χ4n) is 1.44. The van der Waals surface area contributed by atoms with Gasteiger partial charge in [-0.2, -0.15) is 0 Å². The lowest BCUT2D eigenvalue weighted by Gasteiger charge is -2.17. The van der Waals surface area contributed by atoms with Gasteiger partial charge >= 0.3 is 5.97 Å². The van der Waals surface area contributed by atoms with Crippen LogP contribution in [0, 0.1) is 0 Å². The van der Waals surface area contributed by atoms with E-state index in [0.29, 0.717) is 5.75 Å². The molecule has 1 aromatic carbocycles. The van der Waals surface area contributed by atoms with Crippen molar-refractivity contribution in [3.8, 4) is 11.5 Å². The van der Waals surface area contributed by atoms with Gasteiger partial charge in [-0.25, -0.2) is 4.79 Å². The Kier molecular flexibility index (Phi) is 4.71. The lowest BCUT2D eigenvalue weighted by atomic mass is 10.1. The summed E-state index contributed by atoms with van der Waals surface area (Å²) in [4.78, 5) is 22.6. The van der Waals surface area contributed by atoms with Crippen LogP contribution >= 0.6 is 0 Å². The van der Waals surface area contributed by atoms with E-state index < -0.39 is 24.0 Å². The molecule has 1 amide bonds. The van der Waals surface area contributed by atoms with Crippen molar-refractivity contribution in [2.24, 2.45) is 0 Å². The van der Waals surface area contributed by atoms with Crippen LogP contribution in [0.2, 0.25) is 0 Å². The molecule has 0 aliphatic heterocycles. The average molecular weight is 269 g/mol. The van der Waals surface area contributed by atoms with Crippen molar-refractivity contribution < 1.29 is 29.6 Å². The molecule has 0 spiro atoms. The molecule has 0 radical (unpaired) electrons. The number of carbonyl (C=O) groups excluding carboxylic acids is 1. The van der Waals surface area contributed by atoms with Gasteiger partial charge in [0.25, 0.3) is 5.91 Å². The first-order chi connectivity index (χ1) is 8.86. The standard InChI is InChI=1S/C12H15NO6/c1-6(14)10(12(17)18)13-11(16)8-4-3-7(19-2)5-9(8)15/h3-6,10,14-15H,1-2H3,(H,13,16)(H,17,18). The molecule has 1 rings (SSSR count). The number of rotatable bonds is 5. The number of phenolic OH excluding ortho intramolecular Hbond substituents is 1. The van der Waals surface area contributed by atoms with Crippen molar-refractivity contribution in [2.45, 2.75) is 19.1 Å². The zero-order valence-electron chi connectivity index (χ0n) is 10.5. The van der Waals surface area contributed by atoms with Crippen molar-refractivity contribution in [2.75, 3.05) is 7.11 Å². The number of benzene rings is 1. The summed E-state index contributed by atoms with van der Waals surface area (Å²) in [5.74, 6) is -2.14. The van der Waals surface area contributed by atoms with E-state index in [-0.39, 0.29) is 11.3 Å². The van der Waals surface area contributed by atoms with Crippen LogP contribution in [0.4, 0.5) is 0 Å². The molecule has 0 saturated heterocycles. The highest BCUT2D eigenvalue weighted by Gasteiger charge is 2.26. The minimum atomic E-state index is -1.45. The molecule has 104 valence electrons. The van der Waals surface area contributed by atoms with E-state index in [2.05, 4.69) is 5.32 Å². The van der Waals surface area contributed by atoms with Crippen LogP contribution in [0.15, 0.2) is 18.2 Å². The Labute approximate surface area is 109 Å². The molecule has 0 aliphatic carbocycles. The third-order valence-electron chi connectivity index (χ3n) is 2.48. The van der Waals surface area contributed by atoms with Gasteiger partial charge in [0.2, 0.25) is 0 Å². The van der Waals surface area contributed by atoms with Gasteiger partial charge in [0.15, 0.2) is 6.04 Å². The predicted molar refractivity (Wildman–Crippen MR) is 65.2 cm³/mol. The molecule has 2 atom stereocenters. The Morgan fingerprint density at radius 3 is 2.42 bits per heavy atom. The maximum Gasteiger partial charge on any atom is 0.328 e. The first-order valence-corrected chi connectivity index (χ1v) is 5.45. The summed E-state index contributed by atoms with van der Waals surface area (Å²) in [6.07, 6.45) is -1.26. The Bertz CT molecular complexity index is 485. The molecular formula is C12H15NO6. The van der Waals surface area contributed by atoms with E-state index in [4.69, 9.17) is 9.84 Å². The number of aromatic hydroxyl groups is 1. The molecule has 19 heavy (non-hydrogen) atoms. The topological polar surface area (TPSA) is 116 Å². The Balaban J connectivity index is 2.91. The van der Waals surface area contributed by atoms with Crippen molar-refractivity contribution >= 4 is 11.9 Å². The summed E-state index contributed by atoms with van der Waals surface area (Å²) in [6.45, 7) is 1.24. The number of aliphatic hydroxyl groups excluding tert-OH is 1. The first kappa shape index (κ1) is 14.8. The Morgan fingerprint density at radius 1 is 1.37 bits per heavy atom. The Hall–Kier alpha value is -2.28. The molecule has 2 unspecified atom stereocenters. The SMILES string of the molecule is COc1ccc(C(=O)NC(C(=O)O)C(C)O)c(O)c1. The fraction of sp³-hybridized carbons (Fsp3) is 0.333. The number of nitrogens with one attached hydrogen (secondary N) is 1. The smallest absolute Gasteiger partial charge is 0.328 e. The van der Waals surface area contributed by atoms with Gasteiger partial charge in [-0.3, -0.25) is 4.79 Å². The summed E-state index contributed by atoms with van der Waals surface area (Å²) in [7, 11) is 1.41. The number of hydrogen-bond acceptors (Lipinski definition) is 5. The molecule has 0 fully saturated rings. The zero-order valence-corrected chi connectivity index (χ0v) is 10.5. The number of carbonyl (C=O) groups is 2. The van der Waals surface area contributed by atoms with E-state index in [1.54, 1.807) is 0 Å². The van der Waals surface area contributed by atoms with Gasteiger partial charge < -0.3 is 25.4 Å². The minimum absolute atomic E-state index is 0.104. The van der Waals surface area contributed by atoms with Gasteiger partial charge in [0.05, 0.1) is 18.8 Å². The zero-order chi connectivity index (χ0) is 14.6. The number of phenols is 1. The quantitative estimate of drug-likeness (QED) is 0.596. The number of ether oxygens (including phenoxy) is 1. The largest absolute Gasteiger partial charge is 0.507 e. The average Bonchev–Trinajstić information content (AvgIpc) is 2.34. The van der Waals surface area contributed by atoms with E-state index in [9.17, 15) is 19.8 Å². The molecule has 7 nitrogen and oxygen atoms in total. The monoisotopic (exact) mass is 269 g/mol. The normalized spacial score (nSPS) is 13.4. The first-order valence-electron chi connectivity index (χ1n) is 5.45. The van der Waals surface area contributed by atoms with E-state index >= 15 is 0 Å². The number of amides is 1. The lowest BCUT2D eigenvalue weighted by Crippen LogP contribution is -2.47. The number of aliphatic carboxylic acids is 1. The van der Waals surface area contributed by atoms with Gasteiger partial charge in [-0.1, -0.05) is 0 Å². The van der Waals surface area contributed by atoms with Gasteiger partial charge in [0.1, 0.15) is 11.5 Å². The lowest BCUT2D eigenvalue weighted by molar-refractivity contribution is -0.141. The number of hydrogen-bond donors (Lipinski definition) is 4. The second kappa shape index (κ2) is 6.05. The third-order valence-corrected chi connectivity index (χ3v) is 2.48. The van der Waals surface area contributed by atoms with Crippen LogP contribution in [0.5, 0.6) is 11.5 Å². The fourth-order valence-corrected chi connectivity index (χ4v) is 1.44. The maximum absolute atomic E-state index is 11.8. The maximum atomic E-state index is 11.8. The molecule has 1 aromatic rings. The third kappa shape index (κ3) is 3.59. The summed E-state index contributed by atoms with van der Waals surface area (Å²) in [6, 6.07) is 2.53. The highest BCUT2D eigenvalue weighted by atomic mass is 16.5. The molecule has 0 heterocycles. The molecule has 7 heteroatoms. The van der Waals surface area contributed by atoms with Gasteiger partial charge in [0, 0.05) is 6.07 Å². The van der Waals surface area contributed by atoms with Gasteiger partial charge in [-0.15, -0.1) is 0 Å². The van der Waals surface area contributed by atoms with Crippen LogP contribution in [0.3, 0.4) is 0 Å². The number of aliphatic hydroxyl groups is 1. The summed E-state index contributed by atoms with van der Waals surface area (Å²) >= 11 is 0. The minimum Gasteiger partial charge on any atom is -0.507 e. The van der Waals surface area contributed by atoms with E-state index in [0.717, 1.165) is 0 Å².